The standard InChI is InChI=1S/C17H23ClN4S/c1-13-12-23-16(22-13)4-3-10-20-17(19-2)21-11-9-14-5-7-15(18)8-6-14/h5-8,12H,3-4,9-11H2,1-2H3,(H2,19,20,21). The molecule has 0 atom stereocenters. The number of guanidine groups is 1. The Labute approximate surface area is 147 Å². The van der Waals surface area contributed by atoms with Crippen LogP contribution in [0.15, 0.2) is 34.6 Å². The van der Waals surface area contributed by atoms with Gasteiger partial charge in [-0.15, -0.1) is 11.3 Å². The zero-order valence-corrected chi connectivity index (χ0v) is 15.2. The molecule has 4 nitrogen and oxygen atoms in total. The highest BCUT2D eigenvalue weighted by atomic mass is 35.5. The van der Waals surface area contributed by atoms with Crippen LogP contribution >= 0.6 is 22.9 Å². The predicted octanol–water partition coefficient (Wildman–Crippen LogP) is 3.45. The normalized spacial score (nSPS) is 11.5. The molecule has 1 aromatic carbocycles. The fourth-order valence-electron chi connectivity index (χ4n) is 2.16. The third-order valence-corrected chi connectivity index (χ3v) is 4.65. The van der Waals surface area contributed by atoms with Gasteiger partial charge in [0, 0.05) is 42.7 Å². The van der Waals surface area contributed by atoms with Crippen molar-refractivity contribution in [2.75, 3.05) is 20.1 Å². The van der Waals surface area contributed by atoms with Crippen molar-refractivity contribution in [1.29, 1.82) is 0 Å². The lowest BCUT2D eigenvalue weighted by atomic mass is 10.1. The van der Waals surface area contributed by atoms with Gasteiger partial charge in [0.15, 0.2) is 5.96 Å². The molecule has 0 saturated carbocycles. The van der Waals surface area contributed by atoms with Crippen molar-refractivity contribution in [3.05, 3.63) is 50.9 Å². The van der Waals surface area contributed by atoms with E-state index in [0.717, 1.165) is 49.0 Å². The van der Waals surface area contributed by atoms with Gasteiger partial charge in [0.25, 0.3) is 0 Å². The van der Waals surface area contributed by atoms with Crippen LogP contribution in [-0.2, 0) is 12.8 Å². The molecule has 0 amide bonds. The summed E-state index contributed by atoms with van der Waals surface area (Å²) in [7, 11) is 1.79. The average Bonchev–Trinajstić information content (AvgIpc) is 2.97. The molecule has 23 heavy (non-hydrogen) atoms. The minimum absolute atomic E-state index is 0.773. The van der Waals surface area contributed by atoms with Crippen LogP contribution in [0.4, 0.5) is 0 Å². The van der Waals surface area contributed by atoms with Crippen LogP contribution < -0.4 is 10.6 Å². The molecule has 2 rings (SSSR count). The highest BCUT2D eigenvalue weighted by molar-refractivity contribution is 7.09. The van der Waals surface area contributed by atoms with Crippen LogP contribution in [0.25, 0.3) is 0 Å². The summed E-state index contributed by atoms with van der Waals surface area (Å²) in [6, 6.07) is 7.95. The Bertz CT molecular complexity index is 622. The number of halogens is 1. The monoisotopic (exact) mass is 350 g/mol. The van der Waals surface area contributed by atoms with E-state index in [0.29, 0.717) is 0 Å². The van der Waals surface area contributed by atoms with E-state index >= 15 is 0 Å². The minimum Gasteiger partial charge on any atom is -0.356 e. The number of thiazole rings is 1. The number of rotatable bonds is 7. The Kier molecular flexibility index (Phi) is 7.36. The summed E-state index contributed by atoms with van der Waals surface area (Å²) < 4.78 is 0. The van der Waals surface area contributed by atoms with Gasteiger partial charge in [0.2, 0.25) is 0 Å². The Hall–Kier alpha value is -1.59. The lowest BCUT2D eigenvalue weighted by molar-refractivity contribution is 0.736. The lowest BCUT2D eigenvalue weighted by Gasteiger charge is -2.11. The summed E-state index contributed by atoms with van der Waals surface area (Å²) in [5.74, 6) is 0.842. The maximum absolute atomic E-state index is 5.89. The zero-order valence-electron chi connectivity index (χ0n) is 13.6. The van der Waals surface area contributed by atoms with Gasteiger partial charge in [0.1, 0.15) is 0 Å². The zero-order chi connectivity index (χ0) is 16.5. The first-order valence-corrected chi connectivity index (χ1v) is 9.03. The molecule has 124 valence electrons. The molecule has 0 spiro atoms. The first-order chi connectivity index (χ1) is 11.2. The summed E-state index contributed by atoms with van der Waals surface area (Å²) in [6.45, 7) is 3.76. The number of aromatic nitrogens is 1. The Morgan fingerprint density at radius 1 is 1.17 bits per heavy atom. The number of benzene rings is 1. The molecular formula is C17H23ClN4S. The fourth-order valence-corrected chi connectivity index (χ4v) is 3.11. The van der Waals surface area contributed by atoms with E-state index in [1.165, 1.54) is 10.6 Å². The summed E-state index contributed by atoms with van der Waals surface area (Å²) in [5.41, 5.74) is 2.37. The first kappa shape index (κ1) is 17.8. The van der Waals surface area contributed by atoms with Gasteiger partial charge >= 0.3 is 0 Å². The highest BCUT2D eigenvalue weighted by Gasteiger charge is 2.00. The molecule has 0 aliphatic rings. The summed E-state index contributed by atoms with van der Waals surface area (Å²) in [4.78, 5) is 8.71. The van der Waals surface area contributed by atoms with Gasteiger partial charge in [-0.05, 0) is 37.5 Å². The van der Waals surface area contributed by atoms with Gasteiger partial charge in [-0.1, -0.05) is 23.7 Å². The maximum atomic E-state index is 5.89. The second kappa shape index (κ2) is 9.53. The van der Waals surface area contributed by atoms with Gasteiger partial charge in [0.05, 0.1) is 5.01 Å². The molecule has 0 unspecified atom stereocenters. The number of hydrogen-bond donors (Lipinski definition) is 2. The molecule has 0 aliphatic heterocycles. The second-order valence-corrected chi connectivity index (χ2v) is 6.67. The molecule has 6 heteroatoms. The predicted molar refractivity (Wildman–Crippen MR) is 99.7 cm³/mol. The summed E-state index contributed by atoms with van der Waals surface area (Å²) in [6.07, 6.45) is 2.99. The number of aliphatic imine (C=N–C) groups is 1. The fraction of sp³-hybridized carbons (Fsp3) is 0.412. The molecular weight excluding hydrogens is 328 g/mol. The Morgan fingerprint density at radius 3 is 2.57 bits per heavy atom. The van der Waals surface area contributed by atoms with Crippen molar-refractivity contribution in [3.63, 3.8) is 0 Å². The molecule has 0 fully saturated rings. The van der Waals surface area contributed by atoms with E-state index in [-0.39, 0.29) is 0 Å². The van der Waals surface area contributed by atoms with E-state index in [1.807, 2.05) is 19.1 Å². The van der Waals surface area contributed by atoms with Crippen LogP contribution in [0.3, 0.4) is 0 Å². The molecule has 1 aromatic heterocycles. The second-order valence-electron chi connectivity index (χ2n) is 5.29. The van der Waals surface area contributed by atoms with Gasteiger partial charge in [-0.3, -0.25) is 4.99 Å². The highest BCUT2D eigenvalue weighted by Crippen LogP contribution is 2.10. The largest absolute Gasteiger partial charge is 0.356 e. The van der Waals surface area contributed by atoms with Crippen molar-refractivity contribution >= 4 is 28.9 Å². The number of nitrogens with one attached hydrogen (secondary N) is 2. The van der Waals surface area contributed by atoms with E-state index < -0.39 is 0 Å². The third-order valence-electron chi connectivity index (χ3n) is 3.37. The number of aryl methyl sites for hydroxylation is 2. The molecule has 2 aromatic rings. The molecule has 2 N–H and O–H groups in total. The van der Waals surface area contributed by atoms with Crippen molar-refractivity contribution in [2.45, 2.75) is 26.2 Å². The van der Waals surface area contributed by atoms with Crippen molar-refractivity contribution < 1.29 is 0 Å². The van der Waals surface area contributed by atoms with Crippen molar-refractivity contribution in [1.82, 2.24) is 15.6 Å². The van der Waals surface area contributed by atoms with E-state index in [4.69, 9.17) is 11.6 Å². The van der Waals surface area contributed by atoms with Crippen LogP contribution in [-0.4, -0.2) is 31.1 Å². The van der Waals surface area contributed by atoms with Crippen LogP contribution in [0, 0.1) is 6.92 Å². The third kappa shape index (κ3) is 6.59. The summed E-state index contributed by atoms with van der Waals surface area (Å²) >= 11 is 7.62. The number of hydrogen-bond acceptors (Lipinski definition) is 3. The smallest absolute Gasteiger partial charge is 0.190 e. The first-order valence-electron chi connectivity index (χ1n) is 7.77. The SMILES string of the molecule is CN=C(NCCCc1nc(C)cs1)NCCc1ccc(Cl)cc1. The Morgan fingerprint density at radius 2 is 1.91 bits per heavy atom. The molecule has 0 bridgehead atoms. The number of nitrogens with zero attached hydrogens (tertiary/aromatic N) is 2. The van der Waals surface area contributed by atoms with Crippen molar-refractivity contribution in [3.8, 4) is 0 Å². The molecule has 0 saturated heterocycles. The maximum Gasteiger partial charge on any atom is 0.190 e. The molecule has 1 heterocycles. The average molecular weight is 351 g/mol. The quantitative estimate of drug-likeness (QED) is 0.457. The van der Waals surface area contributed by atoms with Crippen LogP contribution in [0.1, 0.15) is 22.7 Å². The Balaban J connectivity index is 1.62. The minimum atomic E-state index is 0.773. The van der Waals surface area contributed by atoms with Gasteiger partial charge in [-0.2, -0.15) is 0 Å². The van der Waals surface area contributed by atoms with Gasteiger partial charge < -0.3 is 10.6 Å². The lowest BCUT2D eigenvalue weighted by Crippen LogP contribution is -2.38. The molecule has 0 radical (unpaired) electrons. The van der Waals surface area contributed by atoms with E-state index in [1.54, 1.807) is 18.4 Å². The van der Waals surface area contributed by atoms with Crippen LogP contribution in [0.5, 0.6) is 0 Å². The van der Waals surface area contributed by atoms with Gasteiger partial charge in [-0.25, -0.2) is 4.98 Å². The molecule has 0 aliphatic carbocycles. The topological polar surface area (TPSA) is 49.3 Å². The van der Waals surface area contributed by atoms with E-state index in [2.05, 4.69) is 38.1 Å². The van der Waals surface area contributed by atoms with Crippen LogP contribution in [0.2, 0.25) is 5.02 Å². The van der Waals surface area contributed by atoms with E-state index in [9.17, 15) is 0 Å². The summed E-state index contributed by atoms with van der Waals surface area (Å²) in [5, 5.41) is 10.7. The van der Waals surface area contributed by atoms with Crippen molar-refractivity contribution in [2.24, 2.45) is 4.99 Å².